The summed E-state index contributed by atoms with van der Waals surface area (Å²) in [4.78, 5) is 0. The van der Waals surface area contributed by atoms with Gasteiger partial charge in [0, 0.05) is 11.3 Å². The first-order valence-electron chi connectivity index (χ1n) is 3.44. The van der Waals surface area contributed by atoms with Gasteiger partial charge in [0.05, 0.1) is 7.11 Å². The lowest BCUT2D eigenvalue weighted by molar-refractivity contribution is 0.414. The fraction of sp³-hybridized carbons (Fsp3) is 0.222. The highest BCUT2D eigenvalue weighted by Crippen LogP contribution is 2.16. The van der Waals surface area contributed by atoms with Crippen LogP contribution in [0.1, 0.15) is 12.5 Å². The zero-order valence-electron chi connectivity index (χ0n) is 6.72. The van der Waals surface area contributed by atoms with Gasteiger partial charge in [0.1, 0.15) is 5.75 Å². The molecule has 0 atom stereocenters. The van der Waals surface area contributed by atoms with Crippen LogP contribution in [0.4, 0.5) is 0 Å². The summed E-state index contributed by atoms with van der Waals surface area (Å²) in [7, 11) is 1.61. The average molecular weight is 149 g/mol. The van der Waals surface area contributed by atoms with Gasteiger partial charge < -0.3 is 10.1 Å². The van der Waals surface area contributed by atoms with Crippen molar-refractivity contribution in [3.05, 3.63) is 29.8 Å². The molecule has 0 spiro atoms. The molecule has 2 nitrogen and oxygen atoms in total. The van der Waals surface area contributed by atoms with Crippen LogP contribution in [0.2, 0.25) is 0 Å². The summed E-state index contributed by atoms with van der Waals surface area (Å²) in [5, 5.41) is 7.40. The third-order valence-corrected chi connectivity index (χ3v) is 1.51. The summed E-state index contributed by atoms with van der Waals surface area (Å²) in [6.07, 6.45) is 0. The van der Waals surface area contributed by atoms with Gasteiger partial charge in [-0.05, 0) is 19.1 Å². The van der Waals surface area contributed by atoms with Crippen molar-refractivity contribution in [1.82, 2.24) is 0 Å². The van der Waals surface area contributed by atoms with Gasteiger partial charge in [-0.3, -0.25) is 0 Å². The van der Waals surface area contributed by atoms with Crippen LogP contribution in [0.25, 0.3) is 0 Å². The van der Waals surface area contributed by atoms with Gasteiger partial charge >= 0.3 is 0 Å². The number of hydrogen-bond acceptors (Lipinski definition) is 2. The number of hydrogen-bond donors (Lipinski definition) is 1. The highest BCUT2D eigenvalue weighted by molar-refractivity contribution is 5.98. The molecule has 0 saturated carbocycles. The second-order valence-electron chi connectivity index (χ2n) is 2.33. The third kappa shape index (κ3) is 1.58. The molecule has 1 aromatic rings. The van der Waals surface area contributed by atoms with E-state index in [0.717, 1.165) is 11.3 Å². The van der Waals surface area contributed by atoms with Crippen LogP contribution < -0.4 is 4.74 Å². The topological polar surface area (TPSA) is 33.1 Å². The second-order valence-corrected chi connectivity index (χ2v) is 2.33. The monoisotopic (exact) mass is 149 g/mol. The van der Waals surface area contributed by atoms with Crippen LogP contribution in [0.15, 0.2) is 24.3 Å². The van der Waals surface area contributed by atoms with E-state index in [0.29, 0.717) is 5.71 Å². The molecule has 0 aliphatic rings. The molecule has 2 heteroatoms. The van der Waals surface area contributed by atoms with E-state index in [-0.39, 0.29) is 0 Å². The maximum atomic E-state index is 7.40. The van der Waals surface area contributed by atoms with Crippen molar-refractivity contribution in [1.29, 1.82) is 5.41 Å². The minimum absolute atomic E-state index is 0.530. The standard InChI is InChI=1S/C9H11NO/c1-7(10)8-5-3-4-6-9(8)11-2/h3-6,10H,1-2H3. The van der Waals surface area contributed by atoms with E-state index >= 15 is 0 Å². The Balaban J connectivity index is 3.12. The normalized spacial score (nSPS) is 9.27. The van der Waals surface area contributed by atoms with Gasteiger partial charge in [-0.2, -0.15) is 0 Å². The van der Waals surface area contributed by atoms with E-state index in [4.69, 9.17) is 10.1 Å². The minimum Gasteiger partial charge on any atom is -0.496 e. The van der Waals surface area contributed by atoms with Crippen LogP contribution in [0.5, 0.6) is 5.75 Å². The van der Waals surface area contributed by atoms with Crippen molar-refractivity contribution < 1.29 is 4.74 Å². The minimum atomic E-state index is 0.530. The van der Waals surface area contributed by atoms with E-state index in [1.807, 2.05) is 24.3 Å². The van der Waals surface area contributed by atoms with Crippen LogP contribution in [-0.4, -0.2) is 12.8 Å². The van der Waals surface area contributed by atoms with E-state index in [1.54, 1.807) is 14.0 Å². The lowest BCUT2D eigenvalue weighted by Gasteiger charge is -2.04. The van der Waals surface area contributed by atoms with E-state index in [1.165, 1.54) is 0 Å². The van der Waals surface area contributed by atoms with Crippen LogP contribution in [0, 0.1) is 5.41 Å². The number of para-hydroxylation sites is 1. The van der Waals surface area contributed by atoms with Gasteiger partial charge in [0.25, 0.3) is 0 Å². The smallest absolute Gasteiger partial charge is 0.127 e. The molecule has 0 fully saturated rings. The Morgan fingerprint density at radius 3 is 2.45 bits per heavy atom. The average Bonchev–Trinajstić information content (AvgIpc) is 2.04. The molecule has 0 aliphatic carbocycles. The van der Waals surface area contributed by atoms with Gasteiger partial charge in [-0.1, -0.05) is 12.1 Å². The van der Waals surface area contributed by atoms with Gasteiger partial charge in [0.15, 0.2) is 0 Å². The van der Waals surface area contributed by atoms with Crippen molar-refractivity contribution in [3.8, 4) is 5.75 Å². The van der Waals surface area contributed by atoms with Crippen molar-refractivity contribution in [2.45, 2.75) is 6.92 Å². The van der Waals surface area contributed by atoms with Crippen LogP contribution in [0.3, 0.4) is 0 Å². The molecule has 0 heterocycles. The van der Waals surface area contributed by atoms with E-state index in [2.05, 4.69) is 0 Å². The van der Waals surface area contributed by atoms with E-state index in [9.17, 15) is 0 Å². The first-order chi connectivity index (χ1) is 5.25. The summed E-state index contributed by atoms with van der Waals surface area (Å²) < 4.78 is 5.07. The van der Waals surface area contributed by atoms with Crippen molar-refractivity contribution in [2.24, 2.45) is 0 Å². The number of benzene rings is 1. The molecule has 0 aromatic heterocycles. The SMILES string of the molecule is COc1ccccc1C(C)=N. The molecular weight excluding hydrogens is 138 g/mol. The number of methoxy groups -OCH3 is 1. The largest absolute Gasteiger partial charge is 0.496 e. The predicted molar refractivity (Wildman–Crippen MR) is 45.5 cm³/mol. The molecule has 0 unspecified atom stereocenters. The maximum absolute atomic E-state index is 7.40. The summed E-state index contributed by atoms with van der Waals surface area (Å²) in [6.45, 7) is 1.75. The number of rotatable bonds is 2. The fourth-order valence-electron chi connectivity index (χ4n) is 0.954. The molecule has 0 saturated heterocycles. The molecule has 1 N–H and O–H groups in total. The Kier molecular flexibility index (Phi) is 2.26. The molecule has 1 aromatic carbocycles. The van der Waals surface area contributed by atoms with Gasteiger partial charge in [-0.25, -0.2) is 0 Å². The Morgan fingerprint density at radius 2 is 2.00 bits per heavy atom. The fourth-order valence-corrected chi connectivity index (χ4v) is 0.954. The van der Waals surface area contributed by atoms with Crippen molar-refractivity contribution in [2.75, 3.05) is 7.11 Å². The molecule has 0 radical (unpaired) electrons. The Hall–Kier alpha value is -1.31. The zero-order chi connectivity index (χ0) is 8.27. The Bertz CT molecular complexity index is 268. The first-order valence-corrected chi connectivity index (χ1v) is 3.44. The molecule has 58 valence electrons. The van der Waals surface area contributed by atoms with Crippen LogP contribution >= 0.6 is 0 Å². The van der Waals surface area contributed by atoms with Crippen molar-refractivity contribution in [3.63, 3.8) is 0 Å². The Labute approximate surface area is 66.3 Å². The first kappa shape index (κ1) is 7.79. The van der Waals surface area contributed by atoms with Crippen molar-refractivity contribution >= 4 is 5.71 Å². The van der Waals surface area contributed by atoms with Gasteiger partial charge in [0.2, 0.25) is 0 Å². The summed E-state index contributed by atoms with van der Waals surface area (Å²) in [5.74, 6) is 0.764. The highest BCUT2D eigenvalue weighted by Gasteiger charge is 2.01. The molecule has 0 aliphatic heterocycles. The van der Waals surface area contributed by atoms with Gasteiger partial charge in [-0.15, -0.1) is 0 Å². The summed E-state index contributed by atoms with van der Waals surface area (Å²) in [5.41, 5.74) is 1.39. The number of ether oxygens (including phenoxy) is 1. The highest BCUT2D eigenvalue weighted by atomic mass is 16.5. The second kappa shape index (κ2) is 3.19. The third-order valence-electron chi connectivity index (χ3n) is 1.51. The molecule has 11 heavy (non-hydrogen) atoms. The molecular formula is C9H11NO. The lowest BCUT2D eigenvalue weighted by Crippen LogP contribution is -1.96. The van der Waals surface area contributed by atoms with Crippen LogP contribution in [-0.2, 0) is 0 Å². The molecule has 1 rings (SSSR count). The zero-order valence-corrected chi connectivity index (χ0v) is 6.72. The quantitative estimate of drug-likeness (QED) is 0.641. The van der Waals surface area contributed by atoms with E-state index < -0.39 is 0 Å². The maximum Gasteiger partial charge on any atom is 0.127 e. The summed E-state index contributed by atoms with van der Waals surface area (Å²) in [6, 6.07) is 7.52. The predicted octanol–water partition coefficient (Wildman–Crippen LogP) is 2.08. The lowest BCUT2D eigenvalue weighted by atomic mass is 10.1. The molecule has 0 bridgehead atoms. The summed E-state index contributed by atoms with van der Waals surface area (Å²) >= 11 is 0. The Morgan fingerprint density at radius 1 is 1.36 bits per heavy atom. The molecule has 0 amide bonds. The number of nitrogens with one attached hydrogen (secondary N) is 1.